The number of anilines is 1. The average Bonchev–Trinajstić information content (AvgIpc) is 2.48. The topological polar surface area (TPSA) is 88.3 Å². The molecule has 1 aliphatic heterocycles. The van der Waals surface area contributed by atoms with Gasteiger partial charge in [-0.05, 0) is 31.4 Å². The lowest BCUT2D eigenvalue weighted by Gasteiger charge is -2.26. The molecule has 1 aromatic rings. The molecule has 0 saturated carbocycles. The summed E-state index contributed by atoms with van der Waals surface area (Å²) in [6, 6.07) is 3.19. The number of pyridine rings is 1. The van der Waals surface area contributed by atoms with Crippen LogP contribution in [0.5, 0.6) is 0 Å². The molecular weight excluding hydrogens is 256 g/mol. The van der Waals surface area contributed by atoms with Gasteiger partial charge in [0.25, 0.3) is 5.91 Å². The standard InChI is InChI=1S/C14H20N4O2/c15-11-4-5-12(17-10-11)14(20)16-7-6-13(19)18-8-2-1-3-9-18/h4-5,10H,1-3,6-9,15H2,(H,16,20). The minimum atomic E-state index is -0.281. The summed E-state index contributed by atoms with van der Waals surface area (Å²) in [6.45, 7) is 2.01. The second-order valence-electron chi connectivity index (χ2n) is 4.92. The fourth-order valence-electron chi connectivity index (χ4n) is 2.21. The maximum Gasteiger partial charge on any atom is 0.269 e. The minimum absolute atomic E-state index is 0.107. The van der Waals surface area contributed by atoms with Crippen molar-refractivity contribution in [1.29, 1.82) is 0 Å². The molecule has 0 aliphatic carbocycles. The molecule has 2 rings (SSSR count). The van der Waals surface area contributed by atoms with Crippen molar-refractivity contribution in [2.75, 3.05) is 25.4 Å². The summed E-state index contributed by atoms with van der Waals surface area (Å²) < 4.78 is 0. The molecule has 0 radical (unpaired) electrons. The van der Waals surface area contributed by atoms with E-state index in [-0.39, 0.29) is 11.8 Å². The van der Waals surface area contributed by atoms with Crippen molar-refractivity contribution in [2.45, 2.75) is 25.7 Å². The summed E-state index contributed by atoms with van der Waals surface area (Å²) in [5, 5.41) is 2.70. The summed E-state index contributed by atoms with van der Waals surface area (Å²) in [4.78, 5) is 29.5. The van der Waals surface area contributed by atoms with Crippen molar-refractivity contribution < 1.29 is 9.59 Å². The lowest BCUT2D eigenvalue weighted by Crippen LogP contribution is -2.37. The van der Waals surface area contributed by atoms with E-state index in [4.69, 9.17) is 5.73 Å². The molecule has 0 bridgehead atoms. The fraction of sp³-hybridized carbons (Fsp3) is 0.500. The fourth-order valence-corrected chi connectivity index (χ4v) is 2.21. The lowest BCUT2D eigenvalue weighted by molar-refractivity contribution is -0.131. The van der Waals surface area contributed by atoms with E-state index < -0.39 is 0 Å². The number of carbonyl (C=O) groups excluding carboxylic acids is 2. The average molecular weight is 276 g/mol. The Kier molecular flexibility index (Phi) is 4.92. The van der Waals surface area contributed by atoms with Crippen molar-refractivity contribution in [3.63, 3.8) is 0 Å². The molecule has 1 aromatic heterocycles. The summed E-state index contributed by atoms with van der Waals surface area (Å²) in [6.07, 6.45) is 5.12. The highest BCUT2D eigenvalue weighted by molar-refractivity contribution is 5.92. The van der Waals surface area contributed by atoms with Crippen LogP contribution < -0.4 is 11.1 Å². The molecule has 2 amide bonds. The molecular formula is C14H20N4O2. The molecule has 1 fully saturated rings. The zero-order valence-electron chi connectivity index (χ0n) is 11.5. The molecule has 6 nitrogen and oxygen atoms in total. The van der Waals surface area contributed by atoms with Gasteiger partial charge in [-0.2, -0.15) is 0 Å². The SMILES string of the molecule is Nc1ccc(C(=O)NCCC(=O)N2CCCCC2)nc1. The van der Waals surface area contributed by atoms with Crippen LogP contribution in [-0.2, 0) is 4.79 Å². The highest BCUT2D eigenvalue weighted by Gasteiger charge is 2.16. The predicted molar refractivity (Wildman–Crippen MR) is 76.0 cm³/mol. The molecule has 0 unspecified atom stereocenters. The first-order chi connectivity index (χ1) is 9.66. The zero-order valence-corrected chi connectivity index (χ0v) is 11.5. The molecule has 1 aliphatic rings. The van der Waals surface area contributed by atoms with Crippen molar-refractivity contribution in [3.8, 4) is 0 Å². The first-order valence-electron chi connectivity index (χ1n) is 6.94. The van der Waals surface area contributed by atoms with Gasteiger partial charge in [-0.3, -0.25) is 9.59 Å². The van der Waals surface area contributed by atoms with Crippen LogP contribution in [0.1, 0.15) is 36.2 Å². The van der Waals surface area contributed by atoms with Crippen LogP contribution in [0.25, 0.3) is 0 Å². The van der Waals surface area contributed by atoms with E-state index >= 15 is 0 Å². The number of rotatable bonds is 4. The van der Waals surface area contributed by atoms with Crippen LogP contribution in [0.4, 0.5) is 5.69 Å². The van der Waals surface area contributed by atoms with Gasteiger partial charge in [-0.1, -0.05) is 0 Å². The van der Waals surface area contributed by atoms with Crippen LogP contribution in [-0.4, -0.2) is 41.3 Å². The van der Waals surface area contributed by atoms with E-state index in [1.54, 1.807) is 12.1 Å². The second kappa shape index (κ2) is 6.88. The number of nitrogens with zero attached hydrogens (tertiary/aromatic N) is 2. The number of likely N-dealkylation sites (tertiary alicyclic amines) is 1. The quantitative estimate of drug-likeness (QED) is 0.851. The summed E-state index contributed by atoms with van der Waals surface area (Å²) in [7, 11) is 0. The summed E-state index contributed by atoms with van der Waals surface area (Å²) in [5.41, 5.74) is 6.33. The Morgan fingerprint density at radius 2 is 2.00 bits per heavy atom. The third kappa shape index (κ3) is 3.94. The number of aromatic nitrogens is 1. The van der Waals surface area contributed by atoms with Gasteiger partial charge in [-0.15, -0.1) is 0 Å². The molecule has 2 heterocycles. The number of amides is 2. The zero-order chi connectivity index (χ0) is 14.4. The number of hydrogen-bond acceptors (Lipinski definition) is 4. The Morgan fingerprint density at radius 1 is 1.25 bits per heavy atom. The van der Waals surface area contributed by atoms with E-state index in [1.165, 1.54) is 12.6 Å². The van der Waals surface area contributed by atoms with Gasteiger partial charge in [0.2, 0.25) is 5.91 Å². The Morgan fingerprint density at radius 3 is 2.65 bits per heavy atom. The van der Waals surface area contributed by atoms with Crippen LogP contribution >= 0.6 is 0 Å². The number of nitrogens with two attached hydrogens (primary N) is 1. The molecule has 6 heteroatoms. The highest BCUT2D eigenvalue weighted by atomic mass is 16.2. The molecule has 1 saturated heterocycles. The smallest absolute Gasteiger partial charge is 0.269 e. The molecule has 20 heavy (non-hydrogen) atoms. The van der Waals surface area contributed by atoms with E-state index in [0.29, 0.717) is 24.3 Å². The van der Waals surface area contributed by atoms with Crippen LogP contribution in [0, 0.1) is 0 Å². The normalized spacial score (nSPS) is 14.9. The van der Waals surface area contributed by atoms with E-state index in [9.17, 15) is 9.59 Å². The maximum absolute atomic E-state index is 11.9. The third-order valence-corrected chi connectivity index (χ3v) is 3.35. The monoisotopic (exact) mass is 276 g/mol. The summed E-state index contributed by atoms with van der Waals surface area (Å²) in [5.74, 6) is -0.174. The minimum Gasteiger partial charge on any atom is -0.397 e. The Balaban J connectivity index is 1.73. The largest absolute Gasteiger partial charge is 0.397 e. The van der Waals surface area contributed by atoms with Gasteiger partial charge >= 0.3 is 0 Å². The number of piperidine rings is 1. The molecule has 108 valence electrons. The van der Waals surface area contributed by atoms with Crippen LogP contribution in [0.2, 0.25) is 0 Å². The van der Waals surface area contributed by atoms with E-state index in [0.717, 1.165) is 25.9 Å². The number of nitrogen functional groups attached to an aromatic ring is 1. The molecule has 0 spiro atoms. The van der Waals surface area contributed by atoms with Crippen LogP contribution in [0.3, 0.4) is 0 Å². The van der Waals surface area contributed by atoms with Gasteiger partial charge < -0.3 is 16.0 Å². The van der Waals surface area contributed by atoms with E-state index in [2.05, 4.69) is 10.3 Å². The molecule has 3 N–H and O–H groups in total. The van der Waals surface area contributed by atoms with Crippen molar-refractivity contribution in [1.82, 2.24) is 15.2 Å². The number of hydrogen-bond donors (Lipinski definition) is 2. The molecule has 0 atom stereocenters. The Hall–Kier alpha value is -2.11. The predicted octanol–water partition coefficient (Wildman–Crippen LogP) is 0.796. The first kappa shape index (κ1) is 14.3. The lowest BCUT2D eigenvalue weighted by atomic mass is 10.1. The van der Waals surface area contributed by atoms with Gasteiger partial charge in [0.05, 0.1) is 11.9 Å². The summed E-state index contributed by atoms with van der Waals surface area (Å²) >= 11 is 0. The first-order valence-corrected chi connectivity index (χ1v) is 6.94. The van der Waals surface area contributed by atoms with E-state index in [1.807, 2.05) is 4.90 Å². The van der Waals surface area contributed by atoms with Gasteiger partial charge in [0.1, 0.15) is 5.69 Å². The third-order valence-electron chi connectivity index (χ3n) is 3.35. The molecule has 0 aromatic carbocycles. The van der Waals surface area contributed by atoms with Crippen molar-refractivity contribution in [3.05, 3.63) is 24.0 Å². The van der Waals surface area contributed by atoms with Crippen molar-refractivity contribution >= 4 is 17.5 Å². The highest BCUT2D eigenvalue weighted by Crippen LogP contribution is 2.09. The Bertz CT molecular complexity index is 467. The number of nitrogens with one attached hydrogen (secondary N) is 1. The van der Waals surface area contributed by atoms with Crippen LogP contribution in [0.15, 0.2) is 18.3 Å². The van der Waals surface area contributed by atoms with Gasteiger partial charge in [0.15, 0.2) is 0 Å². The van der Waals surface area contributed by atoms with Gasteiger partial charge in [0, 0.05) is 26.1 Å². The second-order valence-corrected chi connectivity index (χ2v) is 4.92. The maximum atomic E-state index is 11.9. The number of carbonyl (C=O) groups is 2. The Labute approximate surface area is 118 Å². The van der Waals surface area contributed by atoms with Gasteiger partial charge in [-0.25, -0.2) is 4.98 Å². The van der Waals surface area contributed by atoms with Crippen molar-refractivity contribution in [2.24, 2.45) is 0 Å².